The van der Waals surface area contributed by atoms with Crippen molar-refractivity contribution in [3.8, 4) is 0 Å². The Hall–Kier alpha value is -0.910. The number of nitrogens with two attached hydrogens (primary N) is 1. The Morgan fingerprint density at radius 3 is 2.71 bits per heavy atom. The van der Waals surface area contributed by atoms with E-state index in [1.54, 1.807) is 12.1 Å². The first-order valence-electron chi connectivity index (χ1n) is 4.39. The molecule has 4 nitrogen and oxygen atoms in total. The van der Waals surface area contributed by atoms with Gasteiger partial charge >= 0.3 is 0 Å². The molecular weight excluding hydrogens is 200 g/mol. The molecule has 0 saturated heterocycles. The lowest BCUT2D eigenvalue weighted by molar-refractivity contribution is 0.596. The number of benzene rings is 1. The van der Waals surface area contributed by atoms with Gasteiger partial charge in [0.1, 0.15) is 5.88 Å². The van der Waals surface area contributed by atoms with Gasteiger partial charge in [0.2, 0.25) is 0 Å². The summed E-state index contributed by atoms with van der Waals surface area (Å²) in [6, 6.07) is 5.17. The van der Waals surface area contributed by atoms with Crippen molar-refractivity contribution in [2.24, 2.45) is 5.73 Å². The molecule has 0 saturated carbocycles. The minimum Gasteiger partial charge on any atom is -0.317 e. The molecule has 1 aliphatic heterocycles. The molecule has 1 aromatic carbocycles. The van der Waals surface area contributed by atoms with E-state index in [2.05, 4.69) is 5.32 Å². The third-order valence-corrected chi connectivity index (χ3v) is 3.80. The van der Waals surface area contributed by atoms with Gasteiger partial charge in [0.05, 0.1) is 4.90 Å². The summed E-state index contributed by atoms with van der Waals surface area (Å²) in [5, 5.41) is 3.16. The number of hydrogen-bond acceptors (Lipinski definition) is 4. The summed E-state index contributed by atoms with van der Waals surface area (Å²) in [7, 11) is -3.27. The molecule has 0 fully saturated rings. The van der Waals surface area contributed by atoms with E-state index in [4.69, 9.17) is 5.73 Å². The lowest BCUT2D eigenvalue weighted by atomic mass is 10.1. The van der Waals surface area contributed by atoms with Gasteiger partial charge in [0, 0.05) is 13.1 Å². The van der Waals surface area contributed by atoms with Crippen molar-refractivity contribution >= 4 is 9.84 Å². The summed E-state index contributed by atoms with van der Waals surface area (Å²) in [5.41, 5.74) is 7.40. The van der Waals surface area contributed by atoms with Crippen LogP contribution in [0.4, 0.5) is 0 Å². The first-order chi connectivity index (χ1) is 6.63. The highest BCUT2D eigenvalue weighted by atomic mass is 32.2. The van der Waals surface area contributed by atoms with Crippen LogP contribution in [0, 0.1) is 0 Å². The third-order valence-electron chi connectivity index (χ3n) is 2.39. The van der Waals surface area contributed by atoms with E-state index in [-0.39, 0.29) is 5.88 Å². The molecule has 14 heavy (non-hydrogen) atoms. The molecule has 1 aliphatic rings. The van der Waals surface area contributed by atoms with Gasteiger partial charge in [-0.05, 0) is 23.3 Å². The fraction of sp³-hybridized carbons (Fsp3) is 0.333. The molecule has 2 rings (SSSR count). The largest absolute Gasteiger partial charge is 0.317 e. The molecule has 0 aliphatic carbocycles. The molecule has 3 N–H and O–H groups in total. The van der Waals surface area contributed by atoms with Crippen molar-refractivity contribution in [2.45, 2.75) is 18.0 Å². The fourth-order valence-corrected chi connectivity index (χ4v) is 2.35. The first kappa shape index (κ1) is 9.64. The molecule has 1 heterocycles. The molecule has 0 radical (unpaired) electrons. The molecule has 0 amide bonds. The molecule has 5 heteroatoms. The lowest BCUT2D eigenvalue weighted by Gasteiger charge is -2.03. The van der Waals surface area contributed by atoms with Gasteiger partial charge in [-0.1, -0.05) is 6.07 Å². The Balaban J connectivity index is 2.48. The van der Waals surface area contributed by atoms with E-state index in [1.165, 1.54) is 5.56 Å². The SMILES string of the molecule is NCS(=O)(=O)c1ccc2c(c1)CNC2. The van der Waals surface area contributed by atoms with Crippen LogP contribution >= 0.6 is 0 Å². The van der Waals surface area contributed by atoms with Crippen molar-refractivity contribution in [3.05, 3.63) is 29.3 Å². The number of fused-ring (bicyclic) bond motifs is 1. The zero-order valence-electron chi connectivity index (χ0n) is 7.66. The topological polar surface area (TPSA) is 72.2 Å². The highest BCUT2D eigenvalue weighted by molar-refractivity contribution is 7.91. The van der Waals surface area contributed by atoms with Gasteiger partial charge in [0.15, 0.2) is 9.84 Å². The summed E-state index contributed by atoms with van der Waals surface area (Å²) >= 11 is 0. The van der Waals surface area contributed by atoms with E-state index in [9.17, 15) is 8.42 Å². The zero-order chi connectivity index (χ0) is 10.2. The fourth-order valence-electron chi connectivity index (χ4n) is 1.56. The minimum absolute atomic E-state index is 0.322. The Morgan fingerprint density at radius 1 is 1.29 bits per heavy atom. The van der Waals surface area contributed by atoms with E-state index in [0.29, 0.717) is 4.90 Å². The van der Waals surface area contributed by atoms with Crippen LogP contribution in [-0.2, 0) is 22.9 Å². The zero-order valence-corrected chi connectivity index (χ0v) is 8.47. The number of nitrogens with one attached hydrogen (secondary N) is 1. The average Bonchev–Trinajstić information content (AvgIpc) is 2.64. The Labute approximate surface area is 83.0 Å². The summed E-state index contributed by atoms with van der Waals surface area (Å²) in [6.45, 7) is 1.56. The monoisotopic (exact) mass is 212 g/mol. The molecule has 0 aromatic heterocycles. The first-order valence-corrected chi connectivity index (χ1v) is 6.04. The molecule has 0 unspecified atom stereocenters. The second-order valence-electron chi connectivity index (χ2n) is 3.32. The second-order valence-corrected chi connectivity index (χ2v) is 5.35. The van der Waals surface area contributed by atoms with E-state index in [1.807, 2.05) is 6.07 Å². The maximum Gasteiger partial charge on any atom is 0.191 e. The van der Waals surface area contributed by atoms with Gasteiger partial charge in [0.25, 0.3) is 0 Å². The maximum absolute atomic E-state index is 11.5. The Kier molecular flexibility index (Phi) is 2.30. The van der Waals surface area contributed by atoms with Crippen LogP contribution < -0.4 is 11.1 Å². The number of hydrogen-bond donors (Lipinski definition) is 2. The maximum atomic E-state index is 11.5. The highest BCUT2D eigenvalue weighted by Gasteiger charge is 2.16. The molecular formula is C9H12N2O2S. The van der Waals surface area contributed by atoms with Crippen LogP contribution in [0.1, 0.15) is 11.1 Å². The van der Waals surface area contributed by atoms with Crippen LogP contribution in [0.2, 0.25) is 0 Å². The summed E-state index contributed by atoms with van der Waals surface area (Å²) in [6.07, 6.45) is 0. The predicted molar refractivity (Wildman–Crippen MR) is 53.2 cm³/mol. The van der Waals surface area contributed by atoms with Crippen LogP contribution in [0.3, 0.4) is 0 Å². The molecule has 0 atom stereocenters. The molecule has 0 spiro atoms. The molecule has 1 aromatic rings. The van der Waals surface area contributed by atoms with Crippen LogP contribution in [-0.4, -0.2) is 14.3 Å². The number of sulfone groups is 1. The molecule has 0 bridgehead atoms. The van der Waals surface area contributed by atoms with Crippen LogP contribution in [0.25, 0.3) is 0 Å². The van der Waals surface area contributed by atoms with E-state index in [0.717, 1.165) is 18.7 Å². The smallest absolute Gasteiger partial charge is 0.191 e. The number of rotatable bonds is 2. The minimum atomic E-state index is -3.27. The van der Waals surface area contributed by atoms with Gasteiger partial charge in [-0.3, -0.25) is 0 Å². The Morgan fingerprint density at radius 2 is 2.00 bits per heavy atom. The molecule has 76 valence electrons. The van der Waals surface area contributed by atoms with Crippen molar-refractivity contribution in [2.75, 3.05) is 5.88 Å². The van der Waals surface area contributed by atoms with Gasteiger partial charge < -0.3 is 11.1 Å². The Bertz CT molecular complexity index is 454. The second kappa shape index (κ2) is 3.34. The standard InChI is InChI=1S/C9H12N2O2S/c10-6-14(12,13)9-2-1-7-4-11-5-8(7)3-9/h1-3,11H,4-6,10H2. The summed E-state index contributed by atoms with van der Waals surface area (Å²) < 4.78 is 22.9. The quantitative estimate of drug-likeness (QED) is 0.722. The van der Waals surface area contributed by atoms with Crippen LogP contribution in [0.5, 0.6) is 0 Å². The summed E-state index contributed by atoms with van der Waals surface area (Å²) in [5.74, 6) is -0.334. The van der Waals surface area contributed by atoms with Crippen LogP contribution in [0.15, 0.2) is 23.1 Å². The van der Waals surface area contributed by atoms with Crippen molar-refractivity contribution in [3.63, 3.8) is 0 Å². The van der Waals surface area contributed by atoms with E-state index < -0.39 is 9.84 Å². The normalized spacial score (nSPS) is 15.5. The van der Waals surface area contributed by atoms with Crippen molar-refractivity contribution < 1.29 is 8.42 Å². The third kappa shape index (κ3) is 1.54. The van der Waals surface area contributed by atoms with Crippen molar-refractivity contribution in [1.29, 1.82) is 0 Å². The van der Waals surface area contributed by atoms with Gasteiger partial charge in [-0.25, -0.2) is 8.42 Å². The average molecular weight is 212 g/mol. The summed E-state index contributed by atoms with van der Waals surface area (Å²) in [4.78, 5) is 0.322. The predicted octanol–water partition coefficient (Wildman–Crippen LogP) is -0.0203. The van der Waals surface area contributed by atoms with Gasteiger partial charge in [-0.2, -0.15) is 0 Å². The highest BCUT2D eigenvalue weighted by Crippen LogP contribution is 2.20. The van der Waals surface area contributed by atoms with E-state index >= 15 is 0 Å². The van der Waals surface area contributed by atoms with Crippen molar-refractivity contribution in [1.82, 2.24) is 5.32 Å². The van der Waals surface area contributed by atoms with Gasteiger partial charge in [-0.15, -0.1) is 0 Å². The lowest BCUT2D eigenvalue weighted by Crippen LogP contribution is -2.14.